The molecule has 0 aromatic heterocycles. The molecule has 16 heavy (non-hydrogen) atoms. The summed E-state index contributed by atoms with van der Waals surface area (Å²) in [6.45, 7) is 3.88. The molecule has 1 aliphatic heterocycles. The Bertz CT molecular complexity index is 372. The summed E-state index contributed by atoms with van der Waals surface area (Å²) in [5.41, 5.74) is 1.28. The Morgan fingerprint density at radius 3 is 2.81 bits per heavy atom. The van der Waals surface area contributed by atoms with Crippen molar-refractivity contribution in [3.63, 3.8) is 0 Å². The number of hydrogen-bond donors (Lipinski definition) is 2. The molecule has 0 bridgehead atoms. The van der Waals surface area contributed by atoms with E-state index in [1.54, 1.807) is 0 Å². The predicted octanol–water partition coefficient (Wildman–Crippen LogP) is 1.82. The van der Waals surface area contributed by atoms with E-state index in [0.29, 0.717) is 6.04 Å². The first-order valence-corrected chi connectivity index (χ1v) is 5.91. The van der Waals surface area contributed by atoms with Crippen LogP contribution >= 0.6 is 11.6 Å². The molecule has 0 fully saturated rings. The summed E-state index contributed by atoms with van der Waals surface area (Å²) in [4.78, 5) is 4.34. The molecule has 0 aliphatic carbocycles. The quantitative estimate of drug-likeness (QED) is 0.842. The lowest BCUT2D eigenvalue weighted by Gasteiger charge is -2.08. The zero-order chi connectivity index (χ0) is 11.4. The number of halogens is 1. The van der Waals surface area contributed by atoms with E-state index < -0.39 is 0 Å². The van der Waals surface area contributed by atoms with Crippen LogP contribution in [0.5, 0.6) is 0 Å². The molecule has 4 heteroatoms. The van der Waals surface area contributed by atoms with E-state index in [2.05, 4.69) is 34.7 Å². The smallest absolute Gasteiger partial charge is 0.191 e. The molecular formula is C12H16ClN3. The Hall–Kier alpha value is -1.22. The molecule has 2 N–H and O–H groups in total. The first-order chi connectivity index (χ1) is 7.74. The Kier molecular flexibility index (Phi) is 3.67. The van der Waals surface area contributed by atoms with E-state index in [9.17, 15) is 0 Å². The van der Waals surface area contributed by atoms with E-state index in [4.69, 9.17) is 11.6 Å². The van der Waals surface area contributed by atoms with Crippen LogP contribution in [0.15, 0.2) is 29.3 Å². The number of rotatable bonds is 3. The highest BCUT2D eigenvalue weighted by Gasteiger charge is 2.10. The van der Waals surface area contributed by atoms with Crippen LogP contribution in [0.25, 0.3) is 0 Å². The molecule has 2 rings (SSSR count). The molecule has 1 unspecified atom stereocenters. The van der Waals surface area contributed by atoms with Crippen LogP contribution in [0, 0.1) is 0 Å². The van der Waals surface area contributed by atoms with Gasteiger partial charge < -0.3 is 10.6 Å². The average molecular weight is 238 g/mol. The van der Waals surface area contributed by atoms with Gasteiger partial charge in [-0.15, -0.1) is 0 Å². The van der Waals surface area contributed by atoms with Gasteiger partial charge in [-0.3, -0.25) is 4.99 Å². The van der Waals surface area contributed by atoms with Crippen molar-refractivity contribution in [2.24, 2.45) is 4.99 Å². The molecule has 0 radical (unpaired) electrons. The summed E-state index contributed by atoms with van der Waals surface area (Å²) < 4.78 is 0. The third-order valence-corrected chi connectivity index (χ3v) is 2.78. The van der Waals surface area contributed by atoms with Gasteiger partial charge in [-0.1, -0.05) is 23.7 Å². The van der Waals surface area contributed by atoms with Gasteiger partial charge >= 0.3 is 0 Å². The molecule has 0 saturated heterocycles. The van der Waals surface area contributed by atoms with Gasteiger partial charge in [0.05, 0.1) is 6.54 Å². The Morgan fingerprint density at radius 1 is 1.44 bits per heavy atom. The lowest BCUT2D eigenvalue weighted by atomic mass is 10.1. The maximum atomic E-state index is 5.82. The Labute approximate surface area is 101 Å². The molecule has 0 spiro atoms. The molecule has 1 heterocycles. The second-order valence-corrected chi connectivity index (χ2v) is 4.47. The van der Waals surface area contributed by atoms with Gasteiger partial charge in [-0.05, 0) is 31.0 Å². The Morgan fingerprint density at radius 2 is 2.19 bits per heavy atom. The predicted molar refractivity (Wildman–Crippen MR) is 68.1 cm³/mol. The normalized spacial score (nSPS) is 19.1. The minimum Gasteiger partial charge on any atom is -0.356 e. The Balaban J connectivity index is 1.74. The zero-order valence-electron chi connectivity index (χ0n) is 9.33. The summed E-state index contributed by atoms with van der Waals surface area (Å²) in [5, 5.41) is 7.33. The highest BCUT2D eigenvalue weighted by atomic mass is 35.5. The molecule has 3 nitrogen and oxygen atoms in total. The average Bonchev–Trinajstić information content (AvgIpc) is 2.67. The molecular weight excluding hydrogens is 222 g/mol. The molecule has 1 atom stereocenters. The van der Waals surface area contributed by atoms with Crippen LogP contribution in [-0.2, 0) is 6.42 Å². The van der Waals surface area contributed by atoms with Crippen molar-refractivity contribution in [3.05, 3.63) is 34.9 Å². The molecule has 1 aliphatic rings. The van der Waals surface area contributed by atoms with Crippen molar-refractivity contribution in [2.75, 3.05) is 13.1 Å². The van der Waals surface area contributed by atoms with E-state index in [-0.39, 0.29) is 0 Å². The highest BCUT2D eigenvalue weighted by molar-refractivity contribution is 6.30. The zero-order valence-corrected chi connectivity index (χ0v) is 10.1. The minimum atomic E-state index is 0.457. The summed E-state index contributed by atoms with van der Waals surface area (Å²) >= 11 is 5.82. The van der Waals surface area contributed by atoms with Crippen LogP contribution in [0.1, 0.15) is 12.5 Å². The molecule has 86 valence electrons. The number of guanidine groups is 1. The fourth-order valence-electron chi connectivity index (χ4n) is 1.64. The standard InChI is InChI=1S/C12H16ClN3/c1-9-8-15-12(16-9)14-7-6-10-2-4-11(13)5-3-10/h2-5,9H,6-8H2,1H3,(H2,14,15,16). The van der Waals surface area contributed by atoms with E-state index in [1.165, 1.54) is 5.56 Å². The second kappa shape index (κ2) is 5.21. The van der Waals surface area contributed by atoms with E-state index >= 15 is 0 Å². The highest BCUT2D eigenvalue weighted by Crippen LogP contribution is 2.09. The van der Waals surface area contributed by atoms with Crippen LogP contribution in [0.4, 0.5) is 0 Å². The number of aliphatic imine (C=N–C) groups is 1. The van der Waals surface area contributed by atoms with Crippen molar-refractivity contribution in [1.29, 1.82) is 0 Å². The van der Waals surface area contributed by atoms with Gasteiger partial charge in [0.2, 0.25) is 0 Å². The van der Waals surface area contributed by atoms with Crippen LogP contribution in [-0.4, -0.2) is 25.1 Å². The minimum absolute atomic E-state index is 0.457. The molecule has 1 aromatic carbocycles. The molecule has 0 saturated carbocycles. The van der Waals surface area contributed by atoms with Gasteiger partial charge in [0.1, 0.15) is 0 Å². The SMILES string of the molecule is CC1CN=C(NCCc2ccc(Cl)cc2)N1. The van der Waals surface area contributed by atoms with Crippen LogP contribution in [0.3, 0.4) is 0 Å². The van der Waals surface area contributed by atoms with Crippen molar-refractivity contribution < 1.29 is 0 Å². The van der Waals surface area contributed by atoms with Crippen molar-refractivity contribution in [2.45, 2.75) is 19.4 Å². The molecule has 0 amide bonds. The third-order valence-electron chi connectivity index (χ3n) is 2.53. The lowest BCUT2D eigenvalue weighted by Crippen LogP contribution is -2.38. The van der Waals surface area contributed by atoms with Crippen LogP contribution in [0.2, 0.25) is 5.02 Å². The monoisotopic (exact) mass is 237 g/mol. The van der Waals surface area contributed by atoms with Gasteiger partial charge in [0.25, 0.3) is 0 Å². The van der Waals surface area contributed by atoms with Crippen LogP contribution < -0.4 is 10.6 Å². The summed E-state index contributed by atoms with van der Waals surface area (Å²) in [6.07, 6.45) is 0.978. The largest absolute Gasteiger partial charge is 0.356 e. The summed E-state index contributed by atoms with van der Waals surface area (Å²) in [7, 11) is 0. The summed E-state index contributed by atoms with van der Waals surface area (Å²) in [6, 6.07) is 8.40. The topological polar surface area (TPSA) is 36.4 Å². The number of hydrogen-bond acceptors (Lipinski definition) is 3. The first kappa shape index (κ1) is 11.3. The van der Waals surface area contributed by atoms with Crippen molar-refractivity contribution in [3.8, 4) is 0 Å². The van der Waals surface area contributed by atoms with Crippen molar-refractivity contribution in [1.82, 2.24) is 10.6 Å². The fourth-order valence-corrected chi connectivity index (χ4v) is 1.76. The molecule has 1 aromatic rings. The first-order valence-electron chi connectivity index (χ1n) is 5.53. The fraction of sp³-hybridized carbons (Fsp3) is 0.417. The number of benzene rings is 1. The van der Waals surface area contributed by atoms with Gasteiger partial charge in [-0.25, -0.2) is 0 Å². The maximum absolute atomic E-state index is 5.82. The van der Waals surface area contributed by atoms with E-state index in [0.717, 1.165) is 30.5 Å². The third kappa shape index (κ3) is 3.14. The van der Waals surface area contributed by atoms with Crippen molar-refractivity contribution >= 4 is 17.6 Å². The van der Waals surface area contributed by atoms with Gasteiger partial charge in [0.15, 0.2) is 5.96 Å². The summed E-state index contributed by atoms with van der Waals surface area (Å²) in [5.74, 6) is 0.918. The number of nitrogens with one attached hydrogen (secondary N) is 2. The van der Waals surface area contributed by atoms with Gasteiger partial charge in [0, 0.05) is 17.6 Å². The second-order valence-electron chi connectivity index (χ2n) is 4.04. The van der Waals surface area contributed by atoms with E-state index in [1.807, 2.05) is 12.1 Å². The number of nitrogens with zero attached hydrogens (tertiary/aromatic N) is 1. The maximum Gasteiger partial charge on any atom is 0.191 e. The van der Waals surface area contributed by atoms with Gasteiger partial charge in [-0.2, -0.15) is 0 Å². The lowest BCUT2D eigenvalue weighted by molar-refractivity contribution is 0.712.